The van der Waals surface area contributed by atoms with E-state index in [0.29, 0.717) is 0 Å². The van der Waals surface area contributed by atoms with E-state index in [2.05, 4.69) is 4.98 Å². The molecule has 1 heterocycles. The van der Waals surface area contributed by atoms with Crippen LogP contribution in [0, 0.1) is 11.6 Å². The van der Waals surface area contributed by atoms with Crippen molar-refractivity contribution in [2.24, 2.45) is 0 Å². The summed E-state index contributed by atoms with van der Waals surface area (Å²) in [6.07, 6.45) is 1.30. The molecule has 0 saturated carbocycles. The molecule has 0 aliphatic carbocycles. The van der Waals surface area contributed by atoms with Crippen LogP contribution >= 0.6 is 11.6 Å². The predicted molar refractivity (Wildman–Crippen MR) is 46.9 cm³/mol. The van der Waals surface area contributed by atoms with Crippen LogP contribution in [0.15, 0.2) is 28.8 Å². The molecule has 0 saturated heterocycles. The number of rotatable bonds is 1. The first kappa shape index (κ1) is 9.15. The van der Waals surface area contributed by atoms with Gasteiger partial charge in [0.1, 0.15) is 11.6 Å². The van der Waals surface area contributed by atoms with Crippen LogP contribution in [-0.2, 0) is 0 Å². The highest BCUT2D eigenvalue weighted by Gasteiger charge is 2.07. The van der Waals surface area contributed by atoms with E-state index in [-0.39, 0.29) is 16.7 Å². The van der Waals surface area contributed by atoms with Gasteiger partial charge in [0.2, 0.25) is 0 Å². The Morgan fingerprint density at radius 2 is 1.79 bits per heavy atom. The number of halogens is 3. The highest BCUT2D eigenvalue weighted by Crippen LogP contribution is 2.23. The Hall–Kier alpha value is -1.42. The smallest absolute Gasteiger partial charge is 0.292 e. The second-order valence-corrected chi connectivity index (χ2v) is 2.96. The fourth-order valence-corrected chi connectivity index (χ4v) is 1.21. The van der Waals surface area contributed by atoms with Gasteiger partial charge in [0.15, 0.2) is 5.76 Å². The van der Waals surface area contributed by atoms with E-state index in [4.69, 9.17) is 16.0 Å². The lowest BCUT2D eigenvalue weighted by atomic mass is 10.2. The van der Waals surface area contributed by atoms with Crippen LogP contribution in [0.2, 0.25) is 5.35 Å². The Balaban J connectivity index is 2.51. The summed E-state index contributed by atoms with van der Waals surface area (Å²) in [5, 5.41) is -0.0651. The molecule has 72 valence electrons. The fraction of sp³-hybridized carbons (Fsp3) is 0. The van der Waals surface area contributed by atoms with E-state index in [9.17, 15) is 8.78 Å². The molecule has 14 heavy (non-hydrogen) atoms. The molecule has 2 rings (SSSR count). The number of oxazole rings is 1. The van der Waals surface area contributed by atoms with Gasteiger partial charge in [-0.25, -0.2) is 13.8 Å². The minimum atomic E-state index is -0.674. The number of nitrogens with zero attached hydrogens (tertiary/aromatic N) is 1. The minimum absolute atomic E-state index is 0.0651. The molecule has 0 bridgehead atoms. The van der Waals surface area contributed by atoms with Crippen molar-refractivity contribution < 1.29 is 13.2 Å². The summed E-state index contributed by atoms with van der Waals surface area (Å²) in [6, 6.07) is 3.06. The predicted octanol–water partition coefficient (Wildman–Crippen LogP) is 3.27. The monoisotopic (exact) mass is 215 g/mol. The van der Waals surface area contributed by atoms with Gasteiger partial charge in [-0.2, -0.15) is 0 Å². The van der Waals surface area contributed by atoms with E-state index in [1.165, 1.54) is 6.20 Å². The molecule has 0 atom stereocenters. The number of aromatic nitrogens is 1. The lowest BCUT2D eigenvalue weighted by Gasteiger charge is -1.96. The standard InChI is InChI=1S/C9H4ClF2NO/c10-9-13-4-8(14-9)5-1-6(11)3-7(12)2-5/h1-4H. The van der Waals surface area contributed by atoms with E-state index in [0.717, 1.165) is 18.2 Å². The molecule has 0 spiro atoms. The topological polar surface area (TPSA) is 26.0 Å². The quantitative estimate of drug-likeness (QED) is 0.730. The number of hydrogen-bond acceptors (Lipinski definition) is 2. The van der Waals surface area contributed by atoms with Crippen LogP contribution in [0.5, 0.6) is 0 Å². The molecule has 0 radical (unpaired) electrons. The average molecular weight is 216 g/mol. The lowest BCUT2D eigenvalue weighted by Crippen LogP contribution is -1.81. The van der Waals surface area contributed by atoms with Crippen molar-refractivity contribution in [3.8, 4) is 11.3 Å². The normalized spacial score (nSPS) is 10.5. The zero-order valence-electron chi connectivity index (χ0n) is 6.80. The van der Waals surface area contributed by atoms with Gasteiger partial charge in [-0.15, -0.1) is 0 Å². The molecule has 0 N–H and O–H groups in total. The lowest BCUT2D eigenvalue weighted by molar-refractivity contribution is 0.564. The van der Waals surface area contributed by atoms with Gasteiger partial charge >= 0.3 is 0 Å². The molecular weight excluding hydrogens is 212 g/mol. The van der Waals surface area contributed by atoms with Gasteiger partial charge < -0.3 is 4.42 Å². The minimum Gasteiger partial charge on any atom is -0.428 e. The van der Waals surface area contributed by atoms with E-state index >= 15 is 0 Å². The van der Waals surface area contributed by atoms with Crippen molar-refractivity contribution in [3.05, 3.63) is 41.4 Å². The Kier molecular flexibility index (Phi) is 2.21. The summed E-state index contributed by atoms with van der Waals surface area (Å²) in [5.41, 5.74) is 0.266. The van der Waals surface area contributed by atoms with Crippen LogP contribution in [0.3, 0.4) is 0 Å². The third kappa shape index (κ3) is 1.75. The summed E-state index contributed by atoms with van der Waals surface area (Å²) in [5.74, 6) is -1.12. The number of benzene rings is 1. The van der Waals surface area contributed by atoms with Crippen molar-refractivity contribution in [2.75, 3.05) is 0 Å². The number of hydrogen-bond donors (Lipinski definition) is 0. The van der Waals surface area contributed by atoms with Gasteiger partial charge in [0, 0.05) is 11.6 Å². The fourth-order valence-electron chi connectivity index (χ4n) is 1.08. The van der Waals surface area contributed by atoms with Crippen LogP contribution in [0.25, 0.3) is 11.3 Å². The Morgan fingerprint density at radius 3 is 2.29 bits per heavy atom. The molecule has 0 aliphatic rings. The Labute approximate surface area is 83.1 Å². The first-order chi connectivity index (χ1) is 6.65. The van der Waals surface area contributed by atoms with E-state index in [1.807, 2.05) is 0 Å². The Bertz CT molecular complexity index is 449. The molecule has 5 heteroatoms. The van der Waals surface area contributed by atoms with Gasteiger partial charge in [0.25, 0.3) is 5.35 Å². The molecule has 0 fully saturated rings. The van der Waals surface area contributed by atoms with E-state index < -0.39 is 11.6 Å². The maximum atomic E-state index is 12.8. The van der Waals surface area contributed by atoms with Gasteiger partial charge in [-0.1, -0.05) is 0 Å². The van der Waals surface area contributed by atoms with Crippen molar-refractivity contribution in [2.45, 2.75) is 0 Å². The molecule has 1 aromatic carbocycles. The molecule has 0 unspecified atom stereocenters. The van der Waals surface area contributed by atoms with Gasteiger partial charge in [0.05, 0.1) is 6.20 Å². The first-order valence-electron chi connectivity index (χ1n) is 3.73. The van der Waals surface area contributed by atoms with Crippen LogP contribution in [0.4, 0.5) is 8.78 Å². The SMILES string of the molecule is Fc1cc(F)cc(-c2cnc(Cl)o2)c1. The second-order valence-electron chi connectivity index (χ2n) is 2.64. The second kappa shape index (κ2) is 3.38. The zero-order chi connectivity index (χ0) is 10.1. The molecule has 0 amide bonds. The maximum absolute atomic E-state index is 12.8. The largest absolute Gasteiger partial charge is 0.428 e. The van der Waals surface area contributed by atoms with Crippen LogP contribution in [0.1, 0.15) is 0 Å². The molecule has 1 aromatic heterocycles. The first-order valence-corrected chi connectivity index (χ1v) is 4.11. The molecule has 0 aliphatic heterocycles. The third-order valence-electron chi connectivity index (χ3n) is 1.62. The summed E-state index contributed by atoms with van der Waals surface area (Å²) in [7, 11) is 0. The van der Waals surface area contributed by atoms with Crippen molar-refractivity contribution in [3.63, 3.8) is 0 Å². The van der Waals surface area contributed by atoms with Gasteiger partial charge in [-0.3, -0.25) is 0 Å². The molecule has 2 nitrogen and oxygen atoms in total. The third-order valence-corrected chi connectivity index (χ3v) is 1.80. The zero-order valence-corrected chi connectivity index (χ0v) is 7.55. The highest BCUT2D eigenvalue weighted by molar-refractivity contribution is 6.27. The maximum Gasteiger partial charge on any atom is 0.292 e. The molecule has 2 aromatic rings. The van der Waals surface area contributed by atoms with Gasteiger partial charge in [-0.05, 0) is 23.7 Å². The summed E-state index contributed by atoms with van der Waals surface area (Å²) >= 11 is 5.42. The summed E-state index contributed by atoms with van der Waals surface area (Å²) < 4.78 is 30.5. The summed E-state index contributed by atoms with van der Waals surface area (Å²) in [4.78, 5) is 3.61. The highest BCUT2D eigenvalue weighted by atomic mass is 35.5. The average Bonchev–Trinajstić information content (AvgIpc) is 2.50. The van der Waals surface area contributed by atoms with Crippen LogP contribution < -0.4 is 0 Å². The Morgan fingerprint density at radius 1 is 1.14 bits per heavy atom. The van der Waals surface area contributed by atoms with Crippen molar-refractivity contribution in [1.29, 1.82) is 0 Å². The van der Waals surface area contributed by atoms with Crippen molar-refractivity contribution >= 4 is 11.6 Å². The summed E-state index contributed by atoms with van der Waals surface area (Å²) in [6.45, 7) is 0. The van der Waals surface area contributed by atoms with Crippen LogP contribution in [-0.4, -0.2) is 4.98 Å². The molecular formula is C9H4ClF2NO. The van der Waals surface area contributed by atoms with Crippen molar-refractivity contribution in [1.82, 2.24) is 4.98 Å². The van der Waals surface area contributed by atoms with E-state index in [1.54, 1.807) is 0 Å².